The predicted octanol–water partition coefficient (Wildman–Crippen LogP) is 6.44. The second-order valence-corrected chi connectivity index (χ2v) is 9.60. The molecule has 0 radical (unpaired) electrons. The summed E-state index contributed by atoms with van der Waals surface area (Å²) in [7, 11) is 1.65. The van der Waals surface area contributed by atoms with Gasteiger partial charge in [-0.3, -0.25) is 4.79 Å². The highest BCUT2D eigenvalue weighted by molar-refractivity contribution is 7.99. The number of para-hydroxylation sites is 1. The SMILES string of the molecule is CC[C@H](C)c1ccccc1NC(=O)CSc1nnc(-c2ccc(OC)cc2)n1CCc1ccccc1. The highest BCUT2D eigenvalue weighted by atomic mass is 32.2. The van der Waals surface area contributed by atoms with Crippen LogP contribution in [0, 0.1) is 0 Å². The fourth-order valence-corrected chi connectivity index (χ4v) is 4.78. The third-order valence-corrected chi connectivity index (χ3v) is 7.21. The largest absolute Gasteiger partial charge is 0.497 e. The van der Waals surface area contributed by atoms with E-state index in [9.17, 15) is 4.79 Å². The van der Waals surface area contributed by atoms with E-state index in [0.717, 1.165) is 46.4 Å². The van der Waals surface area contributed by atoms with Crippen LogP contribution in [0.25, 0.3) is 11.4 Å². The summed E-state index contributed by atoms with van der Waals surface area (Å²) >= 11 is 1.41. The van der Waals surface area contributed by atoms with E-state index in [0.29, 0.717) is 12.5 Å². The molecule has 1 amide bonds. The highest BCUT2D eigenvalue weighted by Gasteiger charge is 2.17. The minimum atomic E-state index is -0.0561. The van der Waals surface area contributed by atoms with E-state index < -0.39 is 0 Å². The highest BCUT2D eigenvalue weighted by Crippen LogP contribution is 2.28. The first-order chi connectivity index (χ1) is 17.6. The molecule has 1 heterocycles. The molecule has 3 aromatic carbocycles. The maximum absolute atomic E-state index is 12.9. The molecule has 1 aromatic heterocycles. The minimum absolute atomic E-state index is 0.0561. The number of carbonyl (C=O) groups excluding carboxylic acids is 1. The Morgan fingerprint density at radius 2 is 1.72 bits per heavy atom. The molecule has 0 fully saturated rings. The Hall–Kier alpha value is -3.58. The standard InChI is InChI=1S/C29H32N4O2S/c1-4-21(2)25-12-8-9-13-26(25)30-27(34)20-36-29-32-31-28(23-14-16-24(35-3)17-15-23)33(29)19-18-22-10-6-5-7-11-22/h5-17,21H,4,18-20H2,1-3H3,(H,30,34)/t21-/m0/s1. The first-order valence-electron chi connectivity index (χ1n) is 12.2. The van der Waals surface area contributed by atoms with E-state index in [4.69, 9.17) is 4.74 Å². The van der Waals surface area contributed by atoms with Gasteiger partial charge in [0, 0.05) is 17.8 Å². The van der Waals surface area contributed by atoms with Crippen LogP contribution in [0.1, 0.15) is 37.3 Å². The molecule has 0 saturated heterocycles. The van der Waals surface area contributed by atoms with Crippen LogP contribution >= 0.6 is 11.8 Å². The number of anilines is 1. The average Bonchev–Trinajstić information content (AvgIpc) is 3.34. The minimum Gasteiger partial charge on any atom is -0.497 e. The van der Waals surface area contributed by atoms with Crippen molar-refractivity contribution < 1.29 is 9.53 Å². The summed E-state index contributed by atoms with van der Waals surface area (Å²) in [6.45, 7) is 5.04. The Kier molecular flexibility index (Phi) is 8.79. The summed E-state index contributed by atoms with van der Waals surface area (Å²) in [5, 5.41) is 12.8. The number of carbonyl (C=O) groups is 1. The van der Waals surface area contributed by atoms with Crippen molar-refractivity contribution >= 4 is 23.4 Å². The number of nitrogens with zero attached hydrogens (tertiary/aromatic N) is 3. The number of nitrogens with one attached hydrogen (secondary N) is 1. The van der Waals surface area contributed by atoms with Crippen molar-refractivity contribution in [3.8, 4) is 17.1 Å². The molecule has 1 atom stereocenters. The van der Waals surface area contributed by atoms with Gasteiger partial charge in [0.2, 0.25) is 5.91 Å². The molecule has 6 nitrogen and oxygen atoms in total. The van der Waals surface area contributed by atoms with E-state index in [1.165, 1.54) is 17.3 Å². The molecule has 4 rings (SSSR count). The summed E-state index contributed by atoms with van der Waals surface area (Å²) in [6, 6.07) is 26.2. The van der Waals surface area contributed by atoms with Crippen LogP contribution < -0.4 is 10.1 Å². The Labute approximate surface area is 217 Å². The van der Waals surface area contributed by atoms with Crippen LogP contribution in [0.15, 0.2) is 84.0 Å². The third kappa shape index (κ3) is 6.34. The van der Waals surface area contributed by atoms with E-state index >= 15 is 0 Å². The van der Waals surface area contributed by atoms with Gasteiger partial charge < -0.3 is 14.6 Å². The molecule has 0 aliphatic carbocycles. The topological polar surface area (TPSA) is 69.0 Å². The third-order valence-electron chi connectivity index (χ3n) is 6.24. The second-order valence-electron chi connectivity index (χ2n) is 8.66. The summed E-state index contributed by atoms with van der Waals surface area (Å²) in [5.74, 6) is 2.14. The zero-order valence-corrected chi connectivity index (χ0v) is 21.8. The molecular weight excluding hydrogens is 468 g/mol. The van der Waals surface area contributed by atoms with E-state index in [1.54, 1.807) is 7.11 Å². The van der Waals surface area contributed by atoms with Crippen molar-refractivity contribution in [1.82, 2.24) is 14.8 Å². The molecule has 1 N–H and O–H groups in total. The Bertz CT molecular complexity index is 1270. The van der Waals surface area contributed by atoms with Crippen molar-refractivity contribution in [2.45, 2.75) is 44.3 Å². The average molecular weight is 501 g/mol. The maximum Gasteiger partial charge on any atom is 0.234 e. The Morgan fingerprint density at radius 3 is 2.44 bits per heavy atom. The van der Waals surface area contributed by atoms with Crippen molar-refractivity contribution in [3.63, 3.8) is 0 Å². The first kappa shape index (κ1) is 25.5. The molecule has 0 bridgehead atoms. The zero-order valence-electron chi connectivity index (χ0n) is 21.0. The van der Waals surface area contributed by atoms with E-state index in [-0.39, 0.29) is 11.7 Å². The van der Waals surface area contributed by atoms with Gasteiger partial charge in [0.1, 0.15) is 5.75 Å². The molecule has 0 unspecified atom stereocenters. The van der Waals surface area contributed by atoms with Gasteiger partial charge in [-0.05, 0) is 60.2 Å². The summed E-state index contributed by atoms with van der Waals surface area (Å²) in [4.78, 5) is 12.9. The molecule has 7 heteroatoms. The van der Waals surface area contributed by atoms with Crippen LogP contribution in [-0.4, -0.2) is 33.5 Å². The summed E-state index contributed by atoms with van der Waals surface area (Å²) < 4.78 is 7.40. The first-order valence-corrected chi connectivity index (χ1v) is 13.2. The molecule has 0 saturated carbocycles. The number of hydrogen-bond acceptors (Lipinski definition) is 5. The van der Waals surface area contributed by atoms with Crippen LogP contribution in [0.2, 0.25) is 0 Å². The number of methoxy groups -OCH3 is 1. The van der Waals surface area contributed by atoms with Crippen LogP contribution in [0.3, 0.4) is 0 Å². The normalized spacial score (nSPS) is 11.8. The number of amides is 1. The molecule has 0 spiro atoms. The lowest BCUT2D eigenvalue weighted by Gasteiger charge is -2.15. The van der Waals surface area contributed by atoms with Crippen molar-refractivity contribution in [3.05, 3.63) is 90.0 Å². The molecule has 36 heavy (non-hydrogen) atoms. The van der Waals surface area contributed by atoms with Crippen molar-refractivity contribution in [1.29, 1.82) is 0 Å². The van der Waals surface area contributed by atoms with Gasteiger partial charge in [-0.15, -0.1) is 10.2 Å². The number of hydrogen-bond donors (Lipinski definition) is 1. The van der Waals surface area contributed by atoms with Crippen molar-refractivity contribution in [2.24, 2.45) is 0 Å². The van der Waals surface area contributed by atoms with Gasteiger partial charge in [-0.25, -0.2) is 0 Å². The van der Waals surface area contributed by atoms with Crippen LogP contribution in [0.4, 0.5) is 5.69 Å². The lowest BCUT2D eigenvalue weighted by Crippen LogP contribution is -2.16. The second kappa shape index (κ2) is 12.4. The predicted molar refractivity (Wildman–Crippen MR) is 147 cm³/mol. The van der Waals surface area contributed by atoms with Crippen molar-refractivity contribution in [2.75, 3.05) is 18.2 Å². The molecule has 4 aromatic rings. The number of benzene rings is 3. The number of rotatable bonds is 11. The summed E-state index contributed by atoms with van der Waals surface area (Å²) in [5.41, 5.74) is 4.23. The van der Waals surface area contributed by atoms with Gasteiger partial charge in [0.15, 0.2) is 11.0 Å². The lowest BCUT2D eigenvalue weighted by atomic mass is 9.97. The number of aryl methyl sites for hydroxylation is 1. The van der Waals surface area contributed by atoms with Gasteiger partial charge in [-0.1, -0.05) is 74.1 Å². The molecule has 186 valence electrons. The fourth-order valence-electron chi connectivity index (χ4n) is 4.01. The number of aromatic nitrogens is 3. The smallest absolute Gasteiger partial charge is 0.234 e. The fraction of sp³-hybridized carbons (Fsp3) is 0.276. The summed E-state index contributed by atoms with van der Waals surface area (Å²) in [6.07, 6.45) is 1.85. The Morgan fingerprint density at radius 1 is 1.00 bits per heavy atom. The monoisotopic (exact) mass is 500 g/mol. The maximum atomic E-state index is 12.9. The van der Waals surface area contributed by atoms with E-state index in [1.807, 2.05) is 60.7 Å². The molecular formula is C29H32N4O2S. The van der Waals surface area contributed by atoms with Gasteiger partial charge in [0.25, 0.3) is 0 Å². The van der Waals surface area contributed by atoms with Crippen LogP contribution in [0.5, 0.6) is 5.75 Å². The van der Waals surface area contributed by atoms with Crippen LogP contribution in [-0.2, 0) is 17.8 Å². The van der Waals surface area contributed by atoms with E-state index in [2.05, 4.69) is 52.1 Å². The van der Waals surface area contributed by atoms with Gasteiger partial charge in [-0.2, -0.15) is 0 Å². The Balaban J connectivity index is 1.51. The number of ether oxygens (including phenoxy) is 1. The van der Waals surface area contributed by atoms with Gasteiger partial charge >= 0.3 is 0 Å². The molecule has 0 aliphatic heterocycles. The lowest BCUT2D eigenvalue weighted by molar-refractivity contribution is -0.113. The van der Waals surface area contributed by atoms with Gasteiger partial charge in [0.05, 0.1) is 12.9 Å². The zero-order chi connectivity index (χ0) is 25.3. The number of thioether (sulfide) groups is 1. The molecule has 0 aliphatic rings. The quantitative estimate of drug-likeness (QED) is 0.240.